The van der Waals surface area contributed by atoms with Crippen LogP contribution in [0.3, 0.4) is 0 Å². The number of rotatable bonds is 5. The highest BCUT2D eigenvalue weighted by atomic mass is 32.1. The molecule has 2 rings (SSSR count). The van der Waals surface area contributed by atoms with Crippen molar-refractivity contribution in [3.63, 3.8) is 0 Å². The van der Waals surface area contributed by atoms with Gasteiger partial charge in [0, 0.05) is 36.6 Å². The maximum Gasteiger partial charge on any atom is 0.0897 e. The van der Waals surface area contributed by atoms with E-state index in [9.17, 15) is 0 Å². The van der Waals surface area contributed by atoms with Crippen LogP contribution >= 0.6 is 11.3 Å². The summed E-state index contributed by atoms with van der Waals surface area (Å²) in [7, 11) is 0. The average molecular weight is 222 g/mol. The van der Waals surface area contributed by atoms with Gasteiger partial charge >= 0.3 is 0 Å². The van der Waals surface area contributed by atoms with Gasteiger partial charge in [0.1, 0.15) is 0 Å². The fourth-order valence-corrected chi connectivity index (χ4v) is 2.09. The van der Waals surface area contributed by atoms with Gasteiger partial charge in [-0.2, -0.15) is 5.10 Å². The molecule has 0 aliphatic rings. The Morgan fingerprint density at radius 1 is 1.53 bits per heavy atom. The zero-order valence-corrected chi connectivity index (χ0v) is 9.50. The summed E-state index contributed by atoms with van der Waals surface area (Å²) in [5.41, 5.74) is 0. The van der Waals surface area contributed by atoms with Gasteiger partial charge in [0.15, 0.2) is 0 Å². The van der Waals surface area contributed by atoms with Crippen molar-refractivity contribution in [1.82, 2.24) is 20.1 Å². The summed E-state index contributed by atoms with van der Waals surface area (Å²) in [6.07, 6.45) is 5.70. The molecule has 0 radical (unpaired) electrons. The Bertz CT molecular complexity index is 393. The molecule has 0 atom stereocenters. The lowest BCUT2D eigenvalue weighted by Crippen LogP contribution is -2.19. The summed E-state index contributed by atoms with van der Waals surface area (Å²) >= 11 is 1.74. The SMILES string of the molecule is Cc1ncc(CNCCn2cccn2)s1. The first-order valence-corrected chi connectivity index (χ1v) is 5.76. The molecule has 0 bridgehead atoms. The zero-order chi connectivity index (χ0) is 10.5. The fraction of sp³-hybridized carbons (Fsp3) is 0.400. The van der Waals surface area contributed by atoms with E-state index in [2.05, 4.69) is 15.4 Å². The van der Waals surface area contributed by atoms with Crippen LogP contribution in [-0.4, -0.2) is 21.3 Å². The quantitative estimate of drug-likeness (QED) is 0.778. The van der Waals surface area contributed by atoms with Gasteiger partial charge in [-0.3, -0.25) is 4.68 Å². The number of nitrogens with one attached hydrogen (secondary N) is 1. The van der Waals surface area contributed by atoms with E-state index in [1.165, 1.54) is 4.88 Å². The van der Waals surface area contributed by atoms with Crippen molar-refractivity contribution >= 4 is 11.3 Å². The largest absolute Gasteiger partial charge is 0.310 e. The van der Waals surface area contributed by atoms with Crippen LogP contribution in [0.2, 0.25) is 0 Å². The lowest BCUT2D eigenvalue weighted by Gasteiger charge is -2.02. The first kappa shape index (κ1) is 10.3. The fourth-order valence-electron chi connectivity index (χ4n) is 1.32. The second kappa shape index (κ2) is 5.04. The Morgan fingerprint density at radius 2 is 2.47 bits per heavy atom. The molecule has 0 saturated carbocycles. The number of nitrogens with zero attached hydrogens (tertiary/aromatic N) is 3. The molecule has 0 aliphatic carbocycles. The molecule has 0 amide bonds. The molecule has 2 aromatic rings. The second-order valence-electron chi connectivity index (χ2n) is 3.29. The number of aryl methyl sites for hydroxylation is 1. The summed E-state index contributed by atoms with van der Waals surface area (Å²) in [5.74, 6) is 0. The Morgan fingerprint density at radius 3 is 3.13 bits per heavy atom. The highest BCUT2D eigenvalue weighted by Crippen LogP contribution is 2.10. The summed E-state index contributed by atoms with van der Waals surface area (Å²) in [6, 6.07) is 1.94. The predicted molar refractivity (Wildman–Crippen MR) is 60.8 cm³/mol. The van der Waals surface area contributed by atoms with Crippen LogP contribution in [-0.2, 0) is 13.1 Å². The van der Waals surface area contributed by atoms with E-state index in [4.69, 9.17) is 0 Å². The molecule has 2 aromatic heterocycles. The summed E-state index contributed by atoms with van der Waals surface area (Å²) < 4.78 is 1.92. The molecule has 0 aliphatic heterocycles. The Balaban J connectivity index is 1.67. The van der Waals surface area contributed by atoms with E-state index in [1.807, 2.05) is 30.1 Å². The van der Waals surface area contributed by atoms with E-state index >= 15 is 0 Å². The van der Waals surface area contributed by atoms with Crippen molar-refractivity contribution in [2.75, 3.05) is 6.54 Å². The minimum atomic E-state index is 0.896. The first-order valence-electron chi connectivity index (χ1n) is 4.94. The van der Waals surface area contributed by atoms with E-state index in [0.29, 0.717) is 0 Å². The van der Waals surface area contributed by atoms with Crippen molar-refractivity contribution < 1.29 is 0 Å². The van der Waals surface area contributed by atoms with Crippen molar-refractivity contribution in [3.05, 3.63) is 34.5 Å². The van der Waals surface area contributed by atoms with E-state index in [0.717, 1.165) is 24.6 Å². The van der Waals surface area contributed by atoms with Crippen LogP contribution in [0.1, 0.15) is 9.88 Å². The smallest absolute Gasteiger partial charge is 0.0897 e. The summed E-state index contributed by atoms with van der Waals surface area (Å²) in [4.78, 5) is 5.49. The number of hydrogen-bond acceptors (Lipinski definition) is 4. The molecule has 0 saturated heterocycles. The van der Waals surface area contributed by atoms with E-state index in [1.54, 1.807) is 17.5 Å². The lowest BCUT2D eigenvalue weighted by atomic mass is 10.5. The maximum atomic E-state index is 4.21. The minimum Gasteiger partial charge on any atom is -0.310 e. The third-order valence-corrected chi connectivity index (χ3v) is 2.96. The molecule has 0 aromatic carbocycles. The molecule has 80 valence electrons. The van der Waals surface area contributed by atoms with Gasteiger partial charge in [-0.1, -0.05) is 0 Å². The standard InChI is InChI=1S/C10H14N4S/c1-9-12-8-10(15-9)7-11-4-6-14-5-2-3-13-14/h2-3,5,8,11H,4,6-7H2,1H3. The third kappa shape index (κ3) is 3.14. The number of hydrogen-bond donors (Lipinski definition) is 1. The molecular formula is C10H14N4S. The van der Waals surface area contributed by atoms with Gasteiger partial charge in [0.25, 0.3) is 0 Å². The normalized spacial score (nSPS) is 10.7. The molecular weight excluding hydrogens is 208 g/mol. The Labute approximate surface area is 93.0 Å². The molecule has 0 unspecified atom stereocenters. The van der Waals surface area contributed by atoms with Gasteiger partial charge in [-0.25, -0.2) is 4.98 Å². The van der Waals surface area contributed by atoms with Gasteiger partial charge in [0.2, 0.25) is 0 Å². The van der Waals surface area contributed by atoms with Crippen LogP contribution in [0.25, 0.3) is 0 Å². The maximum absolute atomic E-state index is 4.21. The molecule has 15 heavy (non-hydrogen) atoms. The minimum absolute atomic E-state index is 0.896. The lowest BCUT2D eigenvalue weighted by molar-refractivity contribution is 0.556. The van der Waals surface area contributed by atoms with Crippen LogP contribution in [0.4, 0.5) is 0 Å². The van der Waals surface area contributed by atoms with Crippen molar-refractivity contribution in [2.24, 2.45) is 0 Å². The monoisotopic (exact) mass is 222 g/mol. The Kier molecular flexibility index (Phi) is 3.47. The van der Waals surface area contributed by atoms with Crippen LogP contribution in [0.5, 0.6) is 0 Å². The topological polar surface area (TPSA) is 42.7 Å². The van der Waals surface area contributed by atoms with Gasteiger partial charge in [0.05, 0.1) is 11.6 Å². The number of aromatic nitrogens is 3. The highest BCUT2D eigenvalue weighted by molar-refractivity contribution is 7.11. The van der Waals surface area contributed by atoms with Crippen molar-refractivity contribution in [3.8, 4) is 0 Å². The van der Waals surface area contributed by atoms with Crippen LogP contribution in [0.15, 0.2) is 24.7 Å². The molecule has 5 heteroatoms. The molecule has 0 fully saturated rings. The first-order chi connectivity index (χ1) is 7.34. The van der Waals surface area contributed by atoms with Gasteiger partial charge in [-0.05, 0) is 13.0 Å². The molecule has 1 N–H and O–H groups in total. The molecule has 4 nitrogen and oxygen atoms in total. The Hall–Kier alpha value is -1.20. The van der Waals surface area contributed by atoms with E-state index in [-0.39, 0.29) is 0 Å². The molecule has 0 spiro atoms. The van der Waals surface area contributed by atoms with Crippen molar-refractivity contribution in [1.29, 1.82) is 0 Å². The predicted octanol–water partition coefficient (Wildman–Crippen LogP) is 1.44. The molecule has 2 heterocycles. The van der Waals surface area contributed by atoms with E-state index < -0.39 is 0 Å². The third-order valence-electron chi connectivity index (χ3n) is 2.05. The zero-order valence-electron chi connectivity index (χ0n) is 8.68. The second-order valence-corrected chi connectivity index (χ2v) is 4.61. The van der Waals surface area contributed by atoms with Crippen LogP contribution in [0, 0.1) is 6.92 Å². The van der Waals surface area contributed by atoms with Crippen LogP contribution < -0.4 is 5.32 Å². The number of thiazole rings is 1. The highest BCUT2D eigenvalue weighted by Gasteiger charge is 1.97. The van der Waals surface area contributed by atoms with Gasteiger partial charge < -0.3 is 5.32 Å². The average Bonchev–Trinajstić information content (AvgIpc) is 2.84. The summed E-state index contributed by atoms with van der Waals surface area (Å²) in [5, 5.41) is 8.62. The van der Waals surface area contributed by atoms with Gasteiger partial charge in [-0.15, -0.1) is 11.3 Å². The summed E-state index contributed by atoms with van der Waals surface area (Å²) in [6.45, 7) is 4.76. The van der Waals surface area contributed by atoms with Crippen molar-refractivity contribution in [2.45, 2.75) is 20.0 Å².